The van der Waals surface area contributed by atoms with E-state index in [0.717, 1.165) is 0 Å². The Labute approximate surface area is 118 Å². The highest BCUT2D eigenvalue weighted by molar-refractivity contribution is 5.52. The summed E-state index contributed by atoms with van der Waals surface area (Å²) in [5.41, 5.74) is 3.38. The van der Waals surface area contributed by atoms with Gasteiger partial charge in [-0.3, -0.25) is 0 Å². The molecule has 0 fully saturated rings. The molecule has 0 saturated carbocycles. The normalized spacial score (nSPS) is 11.4. The van der Waals surface area contributed by atoms with Gasteiger partial charge in [-0.1, -0.05) is 18.7 Å². The molecule has 0 unspecified atom stereocenters. The van der Waals surface area contributed by atoms with Crippen LogP contribution in [0, 0.1) is 45.3 Å². The third-order valence-corrected chi connectivity index (χ3v) is 2.13. The lowest BCUT2D eigenvalue weighted by Crippen LogP contribution is -1.82. The average molecular weight is 258 g/mol. The van der Waals surface area contributed by atoms with Crippen molar-refractivity contribution in [1.29, 1.82) is 21.0 Å². The molecule has 94 valence electrons. The molecule has 0 saturated heterocycles. The van der Waals surface area contributed by atoms with E-state index in [0.29, 0.717) is 0 Å². The summed E-state index contributed by atoms with van der Waals surface area (Å²) < 4.78 is 0. The van der Waals surface area contributed by atoms with Crippen molar-refractivity contribution in [3.05, 3.63) is 65.0 Å². The summed E-state index contributed by atoms with van der Waals surface area (Å²) in [7, 11) is 0. The minimum absolute atomic E-state index is 0.122. The summed E-state index contributed by atoms with van der Waals surface area (Å²) in [6.45, 7) is 5.08. The van der Waals surface area contributed by atoms with E-state index >= 15 is 0 Å². The van der Waals surface area contributed by atoms with Gasteiger partial charge in [0, 0.05) is 0 Å². The maximum absolute atomic E-state index is 8.89. The van der Waals surface area contributed by atoms with Gasteiger partial charge in [0.15, 0.2) is 0 Å². The Bertz CT molecular complexity index is 710. The fourth-order valence-corrected chi connectivity index (χ4v) is 1.12. The van der Waals surface area contributed by atoms with Crippen LogP contribution in [0.5, 0.6) is 0 Å². The van der Waals surface area contributed by atoms with Gasteiger partial charge in [0.1, 0.15) is 24.3 Å². The largest absolute Gasteiger partial charge is 0.192 e. The van der Waals surface area contributed by atoms with E-state index < -0.39 is 0 Å². The molecular weight excluding hydrogens is 248 g/mol. The molecule has 0 aromatic rings. The highest BCUT2D eigenvalue weighted by atomic mass is 14.3. The molecule has 0 aromatic carbocycles. The summed E-state index contributed by atoms with van der Waals surface area (Å²) in [5, 5.41) is 35.3. The Balaban J connectivity index is 5.52. The van der Waals surface area contributed by atoms with Crippen molar-refractivity contribution < 1.29 is 0 Å². The standard InChI is InChI=1S/C16H10N4/c1-3-13(9-17)15(11-19)7-5-6-8-16(12-20)14(4-2)10-18/h3-4,6-8H,1H2,2H3/b14-4-,15-13-,16-8-. The molecule has 0 amide bonds. The quantitative estimate of drug-likeness (QED) is 0.439. The van der Waals surface area contributed by atoms with Crippen molar-refractivity contribution in [2.45, 2.75) is 6.92 Å². The maximum Gasteiger partial charge on any atom is 0.101 e. The van der Waals surface area contributed by atoms with Crippen LogP contribution in [-0.4, -0.2) is 0 Å². The molecule has 0 radical (unpaired) electrons. The second kappa shape index (κ2) is 9.47. The van der Waals surface area contributed by atoms with E-state index in [1.165, 1.54) is 30.4 Å². The molecule has 0 heterocycles. The Morgan fingerprint density at radius 2 is 1.50 bits per heavy atom. The summed E-state index contributed by atoms with van der Waals surface area (Å²) in [6, 6.07) is 7.47. The third-order valence-electron chi connectivity index (χ3n) is 2.13. The zero-order valence-corrected chi connectivity index (χ0v) is 10.9. The van der Waals surface area contributed by atoms with Gasteiger partial charge in [0.2, 0.25) is 0 Å². The Morgan fingerprint density at radius 3 is 1.90 bits per heavy atom. The Hall–Kier alpha value is -3.56. The molecule has 0 aliphatic rings. The summed E-state index contributed by atoms with van der Waals surface area (Å²) in [5.74, 6) is 0. The maximum atomic E-state index is 8.89. The number of hydrogen-bond donors (Lipinski definition) is 0. The SMILES string of the molecule is C=C/C(C#N)=C(/C#N)C=C=C/C=C(C#N)\C(C#N)=C/C. The van der Waals surface area contributed by atoms with Crippen molar-refractivity contribution in [3.8, 4) is 24.3 Å². The summed E-state index contributed by atoms with van der Waals surface area (Å²) >= 11 is 0. The molecular formula is C16H10N4. The molecule has 0 rings (SSSR count). The van der Waals surface area contributed by atoms with Crippen LogP contribution in [0.15, 0.2) is 65.0 Å². The second-order valence-corrected chi connectivity index (χ2v) is 3.24. The fraction of sp³-hybridized carbons (Fsp3) is 0.0625. The number of allylic oxidation sites excluding steroid dienone is 8. The number of nitrogens with zero attached hydrogens (tertiary/aromatic N) is 4. The summed E-state index contributed by atoms with van der Waals surface area (Å²) in [4.78, 5) is 0. The van der Waals surface area contributed by atoms with Crippen LogP contribution in [0.2, 0.25) is 0 Å². The van der Waals surface area contributed by atoms with Gasteiger partial charge in [-0.2, -0.15) is 21.0 Å². The van der Waals surface area contributed by atoms with E-state index in [-0.39, 0.29) is 22.3 Å². The average Bonchev–Trinajstić information content (AvgIpc) is 2.49. The second-order valence-electron chi connectivity index (χ2n) is 3.24. The van der Waals surface area contributed by atoms with Crippen molar-refractivity contribution in [2.75, 3.05) is 0 Å². The van der Waals surface area contributed by atoms with E-state index in [2.05, 4.69) is 12.3 Å². The van der Waals surface area contributed by atoms with E-state index in [1.54, 1.807) is 6.92 Å². The van der Waals surface area contributed by atoms with E-state index in [9.17, 15) is 0 Å². The van der Waals surface area contributed by atoms with Crippen molar-refractivity contribution in [3.63, 3.8) is 0 Å². The molecule has 0 N–H and O–H groups in total. The number of nitriles is 4. The van der Waals surface area contributed by atoms with Gasteiger partial charge < -0.3 is 0 Å². The van der Waals surface area contributed by atoms with E-state index in [1.807, 2.05) is 24.3 Å². The molecule has 4 heteroatoms. The summed E-state index contributed by atoms with van der Waals surface area (Å²) in [6.07, 6.45) is 6.92. The first-order valence-electron chi connectivity index (χ1n) is 5.45. The molecule has 20 heavy (non-hydrogen) atoms. The predicted octanol–water partition coefficient (Wildman–Crippen LogP) is 3.15. The van der Waals surface area contributed by atoms with Gasteiger partial charge in [-0.15, -0.1) is 5.73 Å². The van der Waals surface area contributed by atoms with Crippen molar-refractivity contribution in [2.24, 2.45) is 0 Å². The minimum Gasteiger partial charge on any atom is -0.192 e. The molecule has 0 spiro atoms. The van der Waals surface area contributed by atoms with Crippen molar-refractivity contribution in [1.82, 2.24) is 0 Å². The molecule has 0 atom stereocenters. The minimum atomic E-state index is 0.122. The van der Waals surface area contributed by atoms with Gasteiger partial charge in [-0.25, -0.2) is 0 Å². The lowest BCUT2D eigenvalue weighted by Gasteiger charge is -1.90. The van der Waals surface area contributed by atoms with Crippen molar-refractivity contribution >= 4 is 0 Å². The van der Waals surface area contributed by atoms with Gasteiger partial charge in [0.05, 0.1) is 22.3 Å². The lowest BCUT2D eigenvalue weighted by atomic mass is 10.1. The molecule has 0 aliphatic heterocycles. The zero-order valence-electron chi connectivity index (χ0n) is 10.9. The molecule has 0 aliphatic carbocycles. The van der Waals surface area contributed by atoms with Crippen LogP contribution in [0.4, 0.5) is 0 Å². The predicted molar refractivity (Wildman–Crippen MR) is 74.2 cm³/mol. The van der Waals surface area contributed by atoms with Gasteiger partial charge >= 0.3 is 0 Å². The first kappa shape index (κ1) is 16.4. The fourth-order valence-electron chi connectivity index (χ4n) is 1.12. The van der Waals surface area contributed by atoms with Crippen LogP contribution >= 0.6 is 0 Å². The van der Waals surface area contributed by atoms with Crippen LogP contribution in [0.1, 0.15) is 6.92 Å². The van der Waals surface area contributed by atoms with Gasteiger partial charge in [0.25, 0.3) is 0 Å². The first-order chi connectivity index (χ1) is 9.68. The smallest absolute Gasteiger partial charge is 0.101 e. The van der Waals surface area contributed by atoms with Crippen LogP contribution in [-0.2, 0) is 0 Å². The van der Waals surface area contributed by atoms with Crippen LogP contribution in [0.25, 0.3) is 0 Å². The number of hydrogen-bond acceptors (Lipinski definition) is 4. The highest BCUT2D eigenvalue weighted by Crippen LogP contribution is 2.08. The monoisotopic (exact) mass is 258 g/mol. The molecule has 0 aromatic heterocycles. The topological polar surface area (TPSA) is 95.2 Å². The third kappa shape index (κ3) is 4.75. The Kier molecular flexibility index (Phi) is 7.78. The zero-order chi connectivity index (χ0) is 15.4. The lowest BCUT2D eigenvalue weighted by molar-refractivity contribution is 1.42. The molecule has 4 nitrogen and oxygen atoms in total. The number of rotatable bonds is 4. The van der Waals surface area contributed by atoms with Crippen LogP contribution in [0.3, 0.4) is 0 Å². The van der Waals surface area contributed by atoms with E-state index in [4.69, 9.17) is 21.0 Å². The molecule has 0 bridgehead atoms. The van der Waals surface area contributed by atoms with Crippen LogP contribution < -0.4 is 0 Å². The first-order valence-corrected chi connectivity index (χ1v) is 5.45. The highest BCUT2D eigenvalue weighted by Gasteiger charge is 2.00. The Morgan fingerprint density at radius 1 is 0.900 bits per heavy atom. The van der Waals surface area contributed by atoms with Gasteiger partial charge in [-0.05, 0) is 25.2 Å².